The summed E-state index contributed by atoms with van der Waals surface area (Å²) in [6.45, 7) is 2.02. The number of hydrogen-bond acceptors (Lipinski definition) is 4. The number of amides is 2. The summed E-state index contributed by atoms with van der Waals surface area (Å²) < 4.78 is 0. The van der Waals surface area contributed by atoms with E-state index >= 15 is 0 Å². The number of carbonyl (C=O) groups is 1. The highest BCUT2D eigenvalue weighted by molar-refractivity contribution is 7.18. The van der Waals surface area contributed by atoms with Crippen molar-refractivity contribution in [2.75, 3.05) is 10.6 Å². The fraction of sp³-hybridized carbons (Fsp3) is 0.0556. The third kappa shape index (κ3) is 3.22. The fourth-order valence-corrected chi connectivity index (χ4v) is 3.42. The van der Waals surface area contributed by atoms with E-state index in [9.17, 15) is 4.79 Å². The van der Waals surface area contributed by atoms with Crippen molar-refractivity contribution in [3.05, 3.63) is 60.3 Å². The van der Waals surface area contributed by atoms with E-state index in [4.69, 9.17) is 0 Å². The van der Waals surface area contributed by atoms with Crippen LogP contribution < -0.4 is 10.6 Å². The number of carbonyl (C=O) groups excluding carboxylic acids is 1. The molecule has 0 saturated carbocycles. The number of benzene rings is 2. The lowest BCUT2D eigenvalue weighted by Gasteiger charge is -2.05. The van der Waals surface area contributed by atoms with Crippen molar-refractivity contribution in [3.8, 4) is 10.6 Å². The molecule has 2 aromatic carbocycles. The maximum atomic E-state index is 12.2. The molecule has 124 valence electrons. The molecule has 2 amide bonds. The second-order valence-electron chi connectivity index (χ2n) is 5.59. The third-order valence-corrected chi connectivity index (χ3v) is 4.70. The zero-order valence-corrected chi connectivity index (χ0v) is 14.2. The summed E-state index contributed by atoms with van der Waals surface area (Å²) >= 11 is 1.34. The minimum atomic E-state index is -0.345. The van der Waals surface area contributed by atoms with Gasteiger partial charge in [-0.2, -0.15) is 0 Å². The number of H-pyrrole nitrogens is 1. The van der Waals surface area contributed by atoms with Gasteiger partial charge in [0.05, 0.1) is 0 Å². The molecular formula is C18H15N5OS. The number of fused-ring (bicyclic) bond motifs is 1. The van der Waals surface area contributed by atoms with E-state index in [-0.39, 0.29) is 6.03 Å². The first kappa shape index (κ1) is 15.3. The zero-order chi connectivity index (χ0) is 17.2. The van der Waals surface area contributed by atoms with Gasteiger partial charge in [-0.25, -0.2) is 4.79 Å². The minimum Gasteiger partial charge on any atom is -0.361 e. The average molecular weight is 349 g/mol. The molecule has 0 saturated heterocycles. The topological polar surface area (TPSA) is 82.7 Å². The van der Waals surface area contributed by atoms with Crippen LogP contribution in [0.2, 0.25) is 0 Å². The zero-order valence-electron chi connectivity index (χ0n) is 13.4. The van der Waals surface area contributed by atoms with Crippen LogP contribution in [0.3, 0.4) is 0 Å². The standard InChI is InChI=1S/C18H15N5OS/c1-11-4-2-3-5-14(11)16-22-23-18(25-16)21-17(24)20-13-6-7-15-12(10-13)8-9-19-15/h2-10,19H,1H3,(H2,20,21,23,24). The van der Waals surface area contributed by atoms with Crippen LogP contribution in [-0.2, 0) is 0 Å². The quantitative estimate of drug-likeness (QED) is 0.504. The highest BCUT2D eigenvalue weighted by atomic mass is 32.1. The number of hydrogen-bond donors (Lipinski definition) is 3. The highest BCUT2D eigenvalue weighted by Crippen LogP contribution is 2.28. The molecule has 0 aliphatic heterocycles. The molecule has 25 heavy (non-hydrogen) atoms. The van der Waals surface area contributed by atoms with Gasteiger partial charge in [0.15, 0.2) is 0 Å². The van der Waals surface area contributed by atoms with E-state index in [1.807, 2.05) is 61.7 Å². The number of urea groups is 1. The molecule has 6 nitrogen and oxygen atoms in total. The van der Waals surface area contributed by atoms with Gasteiger partial charge in [0.2, 0.25) is 5.13 Å². The summed E-state index contributed by atoms with van der Waals surface area (Å²) in [6.07, 6.45) is 1.86. The molecular weight excluding hydrogens is 334 g/mol. The predicted octanol–water partition coefficient (Wildman–Crippen LogP) is 4.64. The summed E-state index contributed by atoms with van der Waals surface area (Å²) in [7, 11) is 0. The number of nitrogens with one attached hydrogen (secondary N) is 3. The van der Waals surface area contributed by atoms with Crippen molar-refractivity contribution in [3.63, 3.8) is 0 Å². The molecule has 4 rings (SSSR count). The molecule has 0 aliphatic carbocycles. The van der Waals surface area contributed by atoms with Gasteiger partial charge in [-0.1, -0.05) is 35.6 Å². The van der Waals surface area contributed by atoms with Crippen LogP contribution in [0.15, 0.2) is 54.7 Å². The van der Waals surface area contributed by atoms with Crippen LogP contribution in [0.5, 0.6) is 0 Å². The van der Waals surface area contributed by atoms with Gasteiger partial charge in [0, 0.05) is 28.4 Å². The van der Waals surface area contributed by atoms with Crippen LogP contribution in [0.4, 0.5) is 15.6 Å². The summed E-state index contributed by atoms with van der Waals surface area (Å²) in [6, 6.07) is 15.2. The Morgan fingerprint density at radius 1 is 1.08 bits per heavy atom. The molecule has 0 bridgehead atoms. The second kappa shape index (κ2) is 6.37. The lowest BCUT2D eigenvalue weighted by molar-refractivity contribution is 0.262. The Labute approximate surface area is 147 Å². The molecule has 0 spiro atoms. The maximum Gasteiger partial charge on any atom is 0.325 e. The van der Waals surface area contributed by atoms with E-state index in [2.05, 4.69) is 25.8 Å². The highest BCUT2D eigenvalue weighted by Gasteiger charge is 2.11. The number of rotatable bonds is 3. The van der Waals surface area contributed by atoms with E-state index in [0.29, 0.717) is 10.8 Å². The van der Waals surface area contributed by atoms with Gasteiger partial charge in [-0.15, -0.1) is 10.2 Å². The van der Waals surface area contributed by atoms with Crippen LogP contribution >= 0.6 is 11.3 Å². The predicted molar refractivity (Wildman–Crippen MR) is 101 cm³/mol. The Morgan fingerprint density at radius 2 is 1.96 bits per heavy atom. The second-order valence-corrected chi connectivity index (χ2v) is 6.56. The number of aryl methyl sites for hydroxylation is 1. The van der Waals surface area contributed by atoms with E-state index in [1.165, 1.54) is 11.3 Å². The summed E-state index contributed by atoms with van der Waals surface area (Å²) in [4.78, 5) is 15.3. The summed E-state index contributed by atoms with van der Waals surface area (Å²) in [5, 5.41) is 16.0. The molecule has 0 unspecified atom stereocenters. The average Bonchev–Trinajstić information content (AvgIpc) is 3.24. The first-order valence-corrected chi connectivity index (χ1v) is 8.55. The van der Waals surface area contributed by atoms with E-state index in [0.717, 1.165) is 27.0 Å². The number of nitrogens with zero attached hydrogens (tertiary/aromatic N) is 2. The Hall–Kier alpha value is -3.19. The van der Waals surface area contributed by atoms with Gasteiger partial charge in [-0.05, 0) is 36.8 Å². The largest absolute Gasteiger partial charge is 0.361 e. The third-order valence-electron chi connectivity index (χ3n) is 3.83. The monoisotopic (exact) mass is 349 g/mol. The van der Waals surface area contributed by atoms with E-state index in [1.54, 1.807) is 0 Å². The normalized spacial score (nSPS) is 10.8. The number of anilines is 2. The summed E-state index contributed by atoms with van der Waals surface area (Å²) in [5.41, 5.74) is 3.88. The minimum absolute atomic E-state index is 0.345. The Kier molecular flexibility index (Phi) is 3.91. The van der Waals surface area contributed by atoms with Gasteiger partial charge >= 0.3 is 6.03 Å². The number of aromatic nitrogens is 3. The molecule has 0 atom stereocenters. The molecule has 2 aromatic heterocycles. The van der Waals surface area contributed by atoms with Crippen molar-refractivity contribution in [1.82, 2.24) is 15.2 Å². The van der Waals surface area contributed by atoms with Gasteiger partial charge in [-0.3, -0.25) is 5.32 Å². The van der Waals surface area contributed by atoms with Gasteiger partial charge < -0.3 is 10.3 Å². The first-order valence-electron chi connectivity index (χ1n) is 7.74. The molecule has 3 N–H and O–H groups in total. The molecule has 0 fully saturated rings. The summed E-state index contributed by atoms with van der Waals surface area (Å²) in [5.74, 6) is 0. The Morgan fingerprint density at radius 3 is 2.84 bits per heavy atom. The van der Waals surface area contributed by atoms with Crippen LogP contribution in [0.1, 0.15) is 5.56 Å². The van der Waals surface area contributed by atoms with Crippen LogP contribution in [-0.4, -0.2) is 21.2 Å². The molecule has 4 aromatic rings. The van der Waals surface area contributed by atoms with Gasteiger partial charge in [0.25, 0.3) is 0 Å². The maximum absolute atomic E-state index is 12.2. The molecule has 7 heteroatoms. The first-order chi connectivity index (χ1) is 12.2. The molecule has 0 aliphatic rings. The molecule has 2 heterocycles. The van der Waals surface area contributed by atoms with Crippen molar-refractivity contribution in [2.24, 2.45) is 0 Å². The number of aromatic amines is 1. The Balaban J connectivity index is 1.47. The van der Waals surface area contributed by atoms with Crippen molar-refractivity contribution >= 4 is 39.1 Å². The SMILES string of the molecule is Cc1ccccc1-c1nnc(NC(=O)Nc2ccc3[nH]ccc3c2)s1. The smallest absolute Gasteiger partial charge is 0.325 e. The van der Waals surface area contributed by atoms with Crippen molar-refractivity contribution < 1.29 is 4.79 Å². The van der Waals surface area contributed by atoms with Crippen LogP contribution in [0.25, 0.3) is 21.5 Å². The molecule has 0 radical (unpaired) electrons. The van der Waals surface area contributed by atoms with Crippen molar-refractivity contribution in [2.45, 2.75) is 6.92 Å². The van der Waals surface area contributed by atoms with Crippen molar-refractivity contribution in [1.29, 1.82) is 0 Å². The van der Waals surface area contributed by atoms with Crippen LogP contribution in [0, 0.1) is 6.92 Å². The lowest BCUT2D eigenvalue weighted by Crippen LogP contribution is -2.19. The van der Waals surface area contributed by atoms with Gasteiger partial charge in [0.1, 0.15) is 5.01 Å². The fourth-order valence-electron chi connectivity index (χ4n) is 2.59. The lowest BCUT2D eigenvalue weighted by atomic mass is 10.1. The Bertz CT molecular complexity index is 1050. The van der Waals surface area contributed by atoms with E-state index < -0.39 is 0 Å².